The molecule has 0 saturated carbocycles. The van der Waals surface area contributed by atoms with Crippen LogP contribution in [0, 0.1) is 0 Å². The third-order valence-electron chi connectivity index (χ3n) is 0.462. The molecule has 0 aliphatic rings. The van der Waals surface area contributed by atoms with Crippen molar-refractivity contribution in [2.45, 2.75) is 13.3 Å². The van der Waals surface area contributed by atoms with Gasteiger partial charge in [0, 0.05) is 26.2 Å². The van der Waals surface area contributed by atoms with Crippen molar-refractivity contribution in [3.63, 3.8) is 0 Å². The van der Waals surface area contributed by atoms with Crippen LogP contribution in [-0.4, -0.2) is 44.9 Å². The van der Waals surface area contributed by atoms with Crippen LogP contribution >= 0.6 is 0 Å². The summed E-state index contributed by atoms with van der Waals surface area (Å²) in [5.41, 5.74) is 0. The second kappa shape index (κ2) is 4.65. The van der Waals surface area contributed by atoms with Crippen molar-refractivity contribution in [1.82, 2.24) is 0 Å². The minimum atomic E-state index is -3.67. The largest absolute Gasteiger partial charge is 0.286 e. The van der Waals surface area contributed by atoms with Crippen LogP contribution in [-0.2, 0) is 10.1 Å². The summed E-state index contributed by atoms with van der Waals surface area (Å²) in [5, 5.41) is 0. The van der Waals surface area contributed by atoms with E-state index in [0.717, 1.165) is 0 Å². The van der Waals surface area contributed by atoms with Crippen LogP contribution in [0.3, 0.4) is 0 Å². The molecular weight excluding hydrogens is 325 g/mol. The third-order valence-corrected chi connectivity index (χ3v) is 1.39. The molecule has 8 heavy (non-hydrogen) atoms. The predicted octanol–water partition coefficient (Wildman–Crippen LogP) is -0.0966. The van der Waals surface area contributed by atoms with Crippen LogP contribution in [0.2, 0.25) is 0 Å². The Hall–Kier alpha value is 0.793. The van der Waals surface area contributed by atoms with Gasteiger partial charge < -0.3 is 0 Å². The maximum Gasteiger partial charge on any atom is 0.264 e. The first-order chi connectivity index (χ1) is 3.06. The summed E-state index contributed by atoms with van der Waals surface area (Å²) in [4.78, 5) is 0. The molecule has 0 unspecified atom stereocenters. The van der Waals surface area contributed by atoms with E-state index in [1.165, 1.54) is 0 Å². The van der Waals surface area contributed by atoms with Crippen molar-refractivity contribution in [2.24, 2.45) is 0 Å². The van der Waals surface area contributed by atoms with Gasteiger partial charge >= 0.3 is 0 Å². The van der Waals surface area contributed by atoms with E-state index in [1.807, 2.05) is 0 Å². The van der Waals surface area contributed by atoms with E-state index in [0.29, 0.717) is 6.42 Å². The van der Waals surface area contributed by atoms with Gasteiger partial charge in [-0.3, -0.25) is 4.55 Å². The summed E-state index contributed by atoms with van der Waals surface area (Å²) >= 11 is 0. The molecule has 0 rings (SSSR count). The van der Waals surface area contributed by atoms with Gasteiger partial charge in [-0.05, 0) is 6.42 Å². The molecule has 0 spiro atoms. The summed E-state index contributed by atoms with van der Waals surface area (Å²) < 4.78 is 27.6. The Morgan fingerprint density at radius 1 is 1.50 bits per heavy atom. The molecule has 0 aromatic carbocycles. The van der Waals surface area contributed by atoms with Gasteiger partial charge in [-0.2, -0.15) is 8.42 Å². The fraction of sp³-hybridized carbons (Fsp3) is 1.00. The smallest absolute Gasteiger partial charge is 0.264 e. The Balaban J connectivity index is 0. The van der Waals surface area contributed by atoms with Gasteiger partial charge in [-0.15, -0.1) is 0 Å². The molecule has 0 saturated heterocycles. The van der Waals surface area contributed by atoms with Crippen LogP contribution in [0.5, 0.6) is 0 Å². The molecule has 0 aromatic heterocycles. The van der Waals surface area contributed by atoms with Gasteiger partial charge in [-0.1, -0.05) is 6.92 Å². The zero-order chi connectivity index (χ0) is 5.91. The molecule has 0 fully saturated rings. The van der Waals surface area contributed by atoms with Gasteiger partial charge in [0.15, 0.2) is 0 Å². The minimum absolute atomic E-state index is 0. The Bertz CT molecular complexity index is 127. The van der Waals surface area contributed by atoms with E-state index >= 15 is 0 Å². The quantitative estimate of drug-likeness (QED) is 0.567. The van der Waals surface area contributed by atoms with Gasteiger partial charge in [0.25, 0.3) is 10.1 Å². The Labute approximate surface area is 68.3 Å². The molecule has 0 aromatic rings. The van der Waals surface area contributed by atoms with Crippen LogP contribution < -0.4 is 0 Å². The first-order valence-electron chi connectivity index (χ1n) is 2.01. The molecule has 1 N–H and O–H groups in total. The van der Waals surface area contributed by atoms with E-state index in [1.54, 1.807) is 6.92 Å². The maximum atomic E-state index is 9.79. The van der Waals surface area contributed by atoms with Crippen molar-refractivity contribution in [3.8, 4) is 0 Å². The predicted molar refractivity (Wildman–Crippen MR) is 32.5 cm³/mol. The van der Waals surface area contributed by atoms with Crippen molar-refractivity contribution in [3.05, 3.63) is 0 Å². The van der Waals surface area contributed by atoms with Gasteiger partial charge in [0.2, 0.25) is 0 Å². The Morgan fingerprint density at radius 3 is 1.88 bits per heavy atom. The van der Waals surface area contributed by atoms with Gasteiger partial charge in [-0.25, -0.2) is 0 Å². The number of hydrogen-bond donors (Lipinski definition) is 1. The van der Waals surface area contributed by atoms with Crippen molar-refractivity contribution in [2.75, 3.05) is 5.75 Å². The van der Waals surface area contributed by atoms with E-state index in [9.17, 15) is 8.42 Å². The van der Waals surface area contributed by atoms with Crippen LogP contribution in [0.4, 0.5) is 0 Å². The van der Waals surface area contributed by atoms with Crippen molar-refractivity contribution >= 4 is 36.3 Å². The third kappa shape index (κ3) is 9.92. The van der Waals surface area contributed by atoms with E-state index in [2.05, 4.69) is 0 Å². The van der Waals surface area contributed by atoms with Crippen LogP contribution in [0.1, 0.15) is 13.3 Å². The fourth-order valence-corrected chi connectivity index (χ4v) is 0.774. The summed E-state index contributed by atoms with van der Waals surface area (Å²) in [7, 11) is -3.67. The van der Waals surface area contributed by atoms with E-state index in [4.69, 9.17) is 4.55 Å². The molecule has 0 heterocycles. The zero-order valence-electron chi connectivity index (χ0n) is 4.53. The fourth-order valence-electron chi connectivity index (χ4n) is 0.258. The second-order valence-corrected chi connectivity index (χ2v) is 2.86. The molecule has 5 heteroatoms. The van der Waals surface area contributed by atoms with Crippen molar-refractivity contribution in [1.29, 1.82) is 0 Å². The summed E-state index contributed by atoms with van der Waals surface area (Å²) in [6.07, 6.45) is 0.471. The molecule has 3 nitrogen and oxygen atoms in total. The molecule has 0 atom stereocenters. The van der Waals surface area contributed by atoms with Crippen LogP contribution in [0.15, 0.2) is 0 Å². The standard InChI is InChI=1S/C3H8O3S.Bi/c1-2-3-7(4,5)6;/h2-3H2,1H3,(H,4,5,6);. The van der Waals surface area contributed by atoms with Gasteiger partial charge in [0.1, 0.15) is 0 Å². The number of rotatable bonds is 2. The average molecular weight is 333 g/mol. The van der Waals surface area contributed by atoms with Crippen molar-refractivity contribution < 1.29 is 13.0 Å². The topological polar surface area (TPSA) is 54.4 Å². The zero-order valence-corrected chi connectivity index (χ0v) is 8.83. The van der Waals surface area contributed by atoms with Crippen LogP contribution in [0.25, 0.3) is 0 Å². The molecule has 3 radical (unpaired) electrons. The first kappa shape index (κ1) is 11.6. The average Bonchev–Trinajstić information content (AvgIpc) is 1.30. The number of hydrogen-bond acceptors (Lipinski definition) is 2. The molecule has 0 aliphatic heterocycles. The Morgan fingerprint density at radius 2 is 1.88 bits per heavy atom. The normalized spacial score (nSPS) is 10.2. The van der Waals surface area contributed by atoms with E-state index in [-0.39, 0.29) is 32.0 Å². The SMILES string of the molecule is CCCS(=O)(=O)O.[Bi]. The van der Waals surface area contributed by atoms with E-state index < -0.39 is 10.1 Å². The minimum Gasteiger partial charge on any atom is -0.286 e. The summed E-state index contributed by atoms with van der Waals surface area (Å²) in [6.45, 7) is 1.69. The maximum absolute atomic E-state index is 9.79. The molecule has 0 bridgehead atoms. The molecular formula is C3H8BiO3S. The molecule has 49 valence electrons. The van der Waals surface area contributed by atoms with Gasteiger partial charge in [0.05, 0.1) is 5.75 Å². The Kier molecular flexibility index (Phi) is 6.73. The monoisotopic (exact) mass is 333 g/mol. The first-order valence-corrected chi connectivity index (χ1v) is 3.62. The molecule has 0 amide bonds. The summed E-state index contributed by atoms with van der Waals surface area (Å²) in [6, 6.07) is 0. The second-order valence-electron chi connectivity index (χ2n) is 1.29. The summed E-state index contributed by atoms with van der Waals surface area (Å²) in [5.74, 6) is -0.132. The molecule has 0 aliphatic carbocycles.